The van der Waals surface area contributed by atoms with Crippen LogP contribution >= 0.6 is 0 Å². The third-order valence-corrected chi connectivity index (χ3v) is 6.27. The van der Waals surface area contributed by atoms with Gasteiger partial charge >= 0.3 is 0 Å². The molecule has 0 amide bonds. The monoisotopic (exact) mass is 306 g/mol. The zero-order valence-corrected chi connectivity index (χ0v) is 14.1. The molecule has 0 N–H and O–H groups in total. The van der Waals surface area contributed by atoms with Crippen LogP contribution in [0.1, 0.15) is 71.6 Å². The van der Waals surface area contributed by atoms with Gasteiger partial charge in [-0.15, -0.1) is 0 Å². The van der Waals surface area contributed by atoms with Crippen LogP contribution in [0.15, 0.2) is 12.2 Å². The summed E-state index contributed by atoms with van der Waals surface area (Å²) in [5.41, 5.74) is 0.257. The third-order valence-electron chi connectivity index (χ3n) is 6.27. The molecule has 4 aliphatic rings. The van der Waals surface area contributed by atoms with Crippen LogP contribution < -0.4 is 0 Å². The Hall–Kier alpha value is -0.380. The van der Waals surface area contributed by atoms with Crippen LogP contribution in [0.5, 0.6) is 0 Å². The van der Waals surface area contributed by atoms with E-state index in [-0.39, 0.29) is 29.5 Å². The van der Waals surface area contributed by atoms with E-state index in [1.165, 1.54) is 19.3 Å². The van der Waals surface area contributed by atoms with E-state index < -0.39 is 0 Å². The Morgan fingerprint density at radius 1 is 1.00 bits per heavy atom. The summed E-state index contributed by atoms with van der Waals surface area (Å²) in [4.78, 5) is 0. The van der Waals surface area contributed by atoms with Gasteiger partial charge in [-0.3, -0.25) is 0 Å². The number of ether oxygens (including phenoxy) is 3. The highest BCUT2D eigenvalue weighted by Crippen LogP contribution is 2.55. The fourth-order valence-electron chi connectivity index (χ4n) is 5.10. The fraction of sp³-hybridized carbons (Fsp3) is 0.895. The second-order valence-electron chi connectivity index (χ2n) is 8.05. The first kappa shape index (κ1) is 15.2. The molecule has 2 heterocycles. The maximum atomic E-state index is 6.49. The lowest BCUT2D eigenvalue weighted by Gasteiger charge is -2.35. The second kappa shape index (κ2) is 5.61. The van der Waals surface area contributed by atoms with E-state index in [1.54, 1.807) is 0 Å². The molecule has 0 aromatic rings. The predicted octanol–water partition coefficient (Wildman–Crippen LogP) is 4.35. The van der Waals surface area contributed by atoms with Gasteiger partial charge in [-0.1, -0.05) is 32.4 Å². The van der Waals surface area contributed by atoms with E-state index in [4.69, 9.17) is 14.2 Å². The first-order chi connectivity index (χ1) is 10.6. The molecule has 0 radical (unpaired) electrons. The van der Waals surface area contributed by atoms with Gasteiger partial charge < -0.3 is 14.2 Å². The van der Waals surface area contributed by atoms with E-state index in [1.807, 2.05) is 0 Å². The van der Waals surface area contributed by atoms with Gasteiger partial charge in [0.15, 0.2) is 5.79 Å². The Morgan fingerprint density at radius 2 is 1.77 bits per heavy atom. The lowest BCUT2D eigenvalue weighted by Crippen LogP contribution is -2.42. The summed E-state index contributed by atoms with van der Waals surface area (Å²) in [7, 11) is 0. The van der Waals surface area contributed by atoms with Crippen molar-refractivity contribution < 1.29 is 14.2 Å². The molecule has 124 valence electrons. The van der Waals surface area contributed by atoms with Crippen LogP contribution in [-0.2, 0) is 14.2 Å². The first-order valence-electron chi connectivity index (χ1n) is 9.30. The van der Waals surface area contributed by atoms with Gasteiger partial charge in [-0.05, 0) is 43.9 Å². The molecule has 22 heavy (non-hydrogen) atoms. The predicted molar refractivity (Wildman–Crippen MR) is 85.6 cm³/mol. The minimum absolute atomic E-state index is 0.173. The number of allylic oxidation sites excluding steroid dienone is 1. The van der Waals surface area contributed by atoms with E-state index in [0.29, 0.717) is 6.10 Å². The van der Waals surface area contributed by atoms with Crippen molar-refractivity contribution in [1.29, 1.82) is 0 Å². The van der Waals surface area contributed by atoms with Crippen molar-refractivity contribution in [1.82, 2.24) is 0 Å². The summed E-state index contributed by atoms with van der Waals surface area (Å²) in [6.45, 7) is 4.57. The highest BCUT2D eigenvalue weighted by atomic mass is 16.8. The molecule has 3 nitrogen and oxygen atoms in total. The summed E-state index contributed by atoms with van der Waals surface area (Å²) >= 11 is 0. The maximum absolute atomic E-state index is 6.49. The van der Waals surface area contributed by atoms with Crippen LogP contribution in [0.4, 0.5) is 0 Å². The minimum atomic E-state index is -0.268. The van der Waals surface area contributed by atoms with Gasteiger partial charge in [0.05, 0.1) is 18.3 Å². The Labute approximate surface area is 134 Å². The summed E-state index contributed by atoms with van der Waals surface area (Å²) in [5.74, 6) is -0.268. The fourth-order valence-corrected chi connectivity index (χ4v) is 5.10. The molecule has 3 heteroatoms. The molecule has 2 aliphatic carbocycles. The highest BCUT2D eigenvalue weighted by molar-refractivity contribution is 5.08. The lowest BCUT2D eigenvalue weighted by molar-refractivity contribution is -0.204. The van der Waals surface area contributed by atoms with Gasteiger partial charge in [-0.25, -0.2) is 0 Å². The summed E-state index contributed by atoms with van der Waals surface area (Å²) in [5, 5.41) is 0. The Balaban J connectivity index is 1.47. The Kier molecular flexibility index (Phi) is 3.87. The summed E-state index contributed by atoms with van der Waals surface area (Å²) < 4.78 is 19.4. The average molecular weight is 306 g/mol. The topological polar surface area (TPSA) is 27.7 Å². The summed E-state index contributed by atoms with van der Waals surface area (Å²) in [6.07, 6.45) is 15.9. The van der Waals surface area contributed by atoms with Crippen LogP contribution in [0.3, 0.4) is 0 Å². The van der Waals surface area contributed by atoms with Gasteiger partial charge in [-0.2, -0.15) is 0 Å². The van der Waals surface area contributed by atoms with Crippen LogP contribution in [0.25, 0.3) is 0 Å². The van der Waals surface area contributed by atoms with E-state index in [2.05, 4.69) is 26.0 Å². The zero-order chi connectivity index (χ0) is 15.2. The quantitative estimate of drug-likeness (QED) is 0.725. The van der Waals surface area contributed by atoms with Crippen molar-refractivity contribution in [2.75, 3.05) is 0 Å². The molecule has 4 rings (SSSR count). The van der Waals surface area contributed by atoms with Gasteiger partial charge in [0.2, 0.25) is 0 Å². The maximum Gasteiger partial charge on any atom is 0.169 e. The molecule has 2 saturated heterocycles. The molecule has 1 spiro atoms. The van der Waals surface area contributed by atoms with Crippen LogP contribution in [0, 0.1) is 5.41 Å². The van der Waals surface area contributed by atoms with Crippen LogP contribution in [0.2, 0.25) is 0 Å². The largest absolute Gasteiger partial charge is 0.371 e. The molecule has 5 atom stereocenters. The van der Waals surface area contributed by atoms with Crippen molar-refractivity contribution in [2.24, 2.45) is 5.41 Å². The standard InChI is InChI=1S/C19H30O3/c1-3-4-6-9-16-18(2)12-14(20-16)17-15(13-18)21-19(22-17)10-7-5-8-11-19/h4,6,14-17H,3,5,7-13H2,1-2H3/b6-4+/t14-,15-,16?,17?,18+/m1/s1. The van der Waals surface area contributed by atoms with E-state index >= 15 is 0 Å². The summed E-state index contributed by atoms with van der Waals surface area (Å²) in [6, 6.07) is 0. The van der Waals surface area contributed by atoms with Gasteiger partial charge in [0.25, 0.3) is 0 Å². The molecule has 2 saturated carbocycles. The number of fused-ring (bicyclic) bond motifs is 4. The normalized spacial score (nSPS) is 46.5. The molecule has 2 aliphatic heterocycles. The molecule has 0 aromatic heterocycles. The molecular weight excluding hydrogens is 276 g/mol. The number of rotatable bonds is 3. The molecule has 0 aromatic carbocycles. The van der Waals surface area contributed by atoms with E-state index in [0.717, 1.165) is 38.5 Å². The van der Waals surface area contributed by atoms with Crippen molar-refractivity contribution in [3.05, 3.63) is 12.2 Å². The van der Waals surface area contributed by atoms with Crippen molar-refractivity contribution in [3.8, 4) is 0 Å². The van der Waals surface area contributed by atoms with Gasteiger partial charge in [0.1, 0.15) is 6.10 Å². The van der Waals surface area contributed by atoms with Gasteiger partial charge in [0, 0.05) is 12.8 Å². The Bertz CT molecular complexity index is 440. The van der Waals surface area contributed by atoms with Crippen LogP contribution in [-0.4, -0.2) is 30.2 Å². The average Bonchev–Trinajstić information content (AvgIpc) is 2.97. The first-order valence-corrected chi connectivity index (χ1v) is 9.30. The lowest BCUT2D eigenvalue weighted by atomic mass is 9.70. The van der Waals surface area contributed by atoms with E-state index in [9.17, 15) is 0 Å². The number of hydrogen-bond donors (Lipinski definition) is 0. The molecular formula is C19H30O3. The smallest absolute Gasteiger partial charge is 0.169 e. The minimum Gasteiger partial charge on any atom is -0.371 e. The highest BCUT2D eigenvalue weighted by Gasteiger charge is 2.61. The van der Waals surface area contributed by atoms with Crippen molar-refractivity contribution >= 4 is 0 Å². The molecule has 4 fully saturated rings. The van der Waals surface area contributed by atoms with Crippen molar-refractivity contribution in [3.63, 3.8) is 0 Å². The Morgan fingerprint density at radius 3 is 2.55 bits per heavy atom. The number of hydrogen-bond acceptors (Lipinski definition) is 3. The molecule has 2 unspecified atom stereocenters. The molecule has 2 bridgehead atoms. The second-order valence-corrected chi connectivity index (χ2v) is 8.05. The van der Waals surface area contributed by atoms with Crippen molar-refractivity contribution in [2.45, 2.75) is 102 Å². The zero-order valence-electron chi connectivity index (χ0n) is 14.1. The third kappa shape index (κ3) is 2.46. The SMILES string of the molecule is CC/C=C/CC1O[C@@H]2C[C@@]1(C)C[C@H]1OC3(CCCCC3)OC21.